The standard InChI is InChI=1S/C16H22N2OS/c1-16(10-17)7-8-18(11-16)15(19)14-13-5-3-2-4-12(13)6-9-20-14/h2-5,14H,6-11,17H2,1H3. The first-order valence-corrected chi connectivity index (χ1v) is 8.36. The lowest BCUT2D eigenvalue weighted by Crippen LogP contribution is -2.37. The number of thioether (sulfide) groups is 1. The molecule has 0 bridgehead atoms. The molecule has 0 radical (unpaired) electrons. The Morgan fingerprint density at radius 1 is 1.50 bits per heavy atom. The van der Waals surface area contributed by atoms with Crippen LogP contribution in [0.2, 0.25) is 0 Å². The lowest BCUT2D eigenvalue weighted by Gasteiger charge is -2.29. The van der Waals surface area contributed by atoms with Gasteiger partial charge < -0.3 is 10.6 Å². The number of carbonyl (C=O) groups is 1. The molecule has 1 saturated heterocycles. The topological polar surface area (TPSA) is 46.3 Å². The summed E-state index contributed by atoms with van der Waals surface area (Å²) in [7, 11) is 0. The summed E-state index contributed by atoms with van der Waals surface area (Å²) in [6.07, 6.45) is 2.10. The smallest absolute Gasteiger partial charge is 0.240 e. The average Bonchev–Trinajstić information content (AvgIpc) is 2.89. The lowest BCUT2D eigenvalue weighted by atomic mass is 9.90. The van der Waals surface area contributed by atoms with E-state index in [-0.39, 0.29) is 16.6 Å². The largest absolute Gasteiger partial charge is 0.341 e. The van der Waals surface area contributed by atoms with E-state index >= 15 is 0 Å². The van der Waals surface area contributed by atoms with Crippen LogP contribution in [0.3, 0.4) is 0 Å². The van der Waals surface area contributed by atoms with Gasteiger partial charge in [-0.2, -0.15) is 0 Å². The Morgan fingerprint density at radius 2 is 2.30 bits per heavy atom. The summed E-state index contributed by atoms with van der Waals surface area (Å²) in [5, 5.41) is -0.0138. The molecule has 1 aromatic rings. The van der Waals surface area contributed by atoms with Gasteiger partial charge in [0.1, 0.15) is 5.25 Å². The fourth-order valence-electron chi connectivity index (χ4n) is 3.14. The maximum absolute atomic E-state index is 12.8. The molecule has 2 heterocycles. The van der Waals surface area contributed by atoms with Crippen molar-refractivity contribution in [3.05, 3.63) is 35.4 Å². The van der Waals surface area contributed by atoms with Gasteiger partial charge >= 0.3 is 0 Å². The monoisotopic (exact) mass is 290 g/mol. The van der Waals surface area contributed by atoms with Crippen molar-refractivity contribution in [3.8, 4) is 0 Å². The van der Waals surface area contributed by atoms with Gasteiger partial charge in [0.2, 0.25) is 5.91 Å². The maximum atomic E-state index is 12.8. The quantitative estimate of drug-likeness (QED) is 0.908. The van der Waals surface area contributed by atoms with Gasteiger partial charge in [-0.05, 0) is 41.7 Å². The van der Waals surface area contributed by atoms with E-state index in [2.05, 4.69) is 25.1 Å². The van der Waals surface area contributed by atoms with Gasteiger partial charge in [0, 0.05) is 13.1 Å². The number of hydrogen-bond acceptors (Lipinski definition) is 3. The van der Waals surface area contributed by atoms with Crippen LogP contribution in [0.5, 0.6) is 0 Å². The highest BCUT2D eigenvalue weighted by molar-refractivity contribution is 8.00. The molecule has 0 aliphatic carbocycles. The molecule has 2 N–H and O–H groups in total. The Kier molecular flexibility index (Phi) is 3.78. The van der Waals surface area contributed by atoms with Crippen molar-refractivity contribution in [1.82, 2.24) is 4.90 Å². The van der Waals surface area contributed by atoms with Crippen molar-refractivity contribution >= 4 is 17.7 Å². The molecule has 0 spiro atoms. The van der Waals surface area contributed by atoms with Crippen molar-refractivity contribution in [2.24, 2.45) is 11.1 Å². The number of nitrogens with two attached hydrogens (primary N) is 1. The van der Waals surface area contributed by atoms with Crippen LogP contribution in [0.4, 0.5) is 0 Å². The molecule has 2 atom stereocenters. The minimum Gasteiger partial charge on any atom is -0.341 e. The van der Waals surface area contributed by atoms with Crippen LogP contribution >= 0.6 is 11.8 Å². The Hall–Kier alpha value is -1.00. The molecule has 0 aromatic heterocycles. The van der Waals surface area contributed by atoms with Crippen LogP contribution in [0.1, 0.15) is 29.7 Å². The van der Waals surface area contributed by atoms with Gasteiger partial charge in [0.25, 0.3) is 0 Å². The predicted molar refractivity (Wildman–Crippen MR) is 83.7 cm³/mol. The van der Waals surface area contributed by atoms with Gasteiger partial charge in [0.05, 0.1) is 0 Å². The summed E-state index contributed by atoms with van der Waals surface area (Å²) in [4.78, 5) is 14.9. The number of rotatable bonds is 2. The zero-order valence-corrected chi connectivity index (χ0v) is 12.8. The Labute approximate surface area is 124 Å². The second kappa shape index (κ2) is 5.41. The Balaban J connectivity index is 1.79. The first kappa shape index (κ1) is 14.0. The third-order valence-corrected chi connectivity index (χ3v) is 5.81. The van der Waals surface area contributed by atoms with Crippen LogP contribution in [0.25, 0.3) is 0 Å². The number of benzene rings is 1. The lowest BCUT2D eigenvalue weighted by molar-refractivity contribution is -0.130. The fraction of sp³-hybridized carbons (Fsp3) is 0.562. The third kappa shape index (κ3) is 2.47. The number of likely N-dealkylation sites (tertiary alicyclic amines) is 1. The molecule has 4 heteroatoms. The second-order valence-electron chi connectivity index (χ2n) is 6.22. The highest BCUT2D eigenvalue weighted by atomic mass is 32.2. The van der Waals surface area contributed by atoms with Gasteiger partial charge in [-0.15, -0.1) is 11.8 Å². The normalized spacial score (nSPS) is 29.3. The first-order chi connectivity index (χ1) is 9.63. The number of hydrogen-bond donors (Lipinski definition) is 1. The molecule has 1 amide bonds. The summed E-state index contributed by atoms with van der Waals surface area (Å²) in [6.45, 7) is 4.50. The van der Waals surface area contributed by atoms with Crippen molar-refractivity contribution in [3.63, 3.8) is 0 Å². The van der Waals surface area contributed by atoms with Crippen LogP contribution < -0.4 is 5.73 Å². The molecule has 3 rings (SSSR count). The predicted octanol–water partition coefficient (Wildman–Crippen LogP) is 2.21. The van der Waals surface area contributed by atoms with Gasteiger partial charge in [-0.1, -0.05) is 31.2 Å². The Morgan fingerprint density at radius 3 is 3.05 bits per heavy atom. The van der Waals surface area contributed by atoms with Gasteiger partial charge in [0.15, 0.2) is 0 Å². The summed E-state index contributed by atoms with van der Waals surface area (Å²) >= 11 is 1.79. The Bertz CT molecular complexity index is 519. The van der Waals surface area contributed by atoms with E-state index in [4.69, 9.17) is 5.73 Å². The number of fused-ring (bicyclic) bond motifs is 1. The van der Waals surface area contributed by atoms with Crippen molar-refractivity contribution in [2.75, 3.05) is 25.4 Å². The summed E-state index contributed by atoms with van der Waals surface area (Å²) in [5.41, 5.74) is 8.50. The number of carbonyl (C=O) groups excluding carboxylic acids is 1. The number of amides is 1. The zero-order valence-electron chi connectivity index (χ0n) is 12.0. The highest BCUT2D eigenvalue weighted by Crippen LogP contribution is 2.40. The van der Waals surface area contributed by atoms with E-state index in [0.29, 0.717) is 6.54 Å². The number of aryl methyl sites for hydroxylation is 1. The maximum Gasteiger partial charge on any atom is 0.240 e. The van der Waals surface area contributed by atoms with Crippen LogP contribution in [-0.4, -0.2) is 36.2 Å². The van der Waals surface area contributed by atoms with Crippen LogP contribution in [0.15, 0.2) is 24.3 Å². The van der Waals surface area contributed by atoms with Crippen molar-refractivity contribution in [2.45, 2.75) is 25.0 Å². The van der Waals surface area contributed by atoms with E-state index in [1.54, 1.807) is 11.8 Å². The minimum atomic E-state index is -0.0138. The molecule has 3 nitrogen and oxygen atoms in total. The molecule has 20 heavy (non-hydrogen) atoms. The van der Waals surface area contributed by atoms with E-state index in [9.17, 15) is 4.79 Å². The fourth-order valence-corrected chi connectivity index (χ4v) is 4.42. The molecule has 108 valence electrons. The van der Waals surface area contributed by atoms with Gasteiger partial charge in [-0.3, -0.25) is 4.79 Å². The summed E-state index contributed by atoms with van der Waals surface area (Å²) < 4.78 is 0. The minimum absolute atomic E-state index is 0.0138. The van der Waals surface area contributed by atoms with E-state index in [1.807, 2.05) is 11.0 Å². The molecular formula is C16H22N2OS. The molecule has 0 saturated carbocycles. The highest BCUT2D eigenvalue weighted by Gasteiger charge is 2.38. The van der Waals surface area contributed by atoms with E-state index in [1.165, 1.54) is 11.1 Å². The van der Waals surface area contributed by atoms with E-state index in [0.717, 1.165) is 31.7 Å². The van der Waals surface area contributed by atoms with Crippen molar-refractivity contribution in [1.29, 1.82) is 0 Å². The average molecular weight is 290 g/mol. The van der Waals surface area contributed by atoms with Crippen LogP contribution in [0, 0.1) is 5.41 Å². The van der Waals surface area contributed by atoms with Gasteiger partial charge in [-0.25, -0.2) is 0 Å². The summed E-state index contributed by atoms with van der Waals surface area (Å²) in [6, 6.07) is 8.38. The van der Waals surface area contributed by atoms with Crippen LogP contribution in [-0.2, 0) is 11.2 Å². The third-order valence-electron chi connectivity index (χ3n) is 4.58. The molecule has 1 fully saturated rings. The number of nitrogens with zero attached hydrogens (tertiary/aromatic N) is 1. The first-order valence-electron chi connectivity index (χ1n) is 7.31. The molecule has 2 aliphatic heterocycles. The summed E-state index contributed by atoms with van der Waals surface area (Å²) in [5.74, 6) is 1.31. The molecule has 2 aliphatic rings. The molecular weight excluding hydrogens is 268 g/mol. The zero-order chi connectivity index (χ0) is 14.2. The molecule has 2 unspecified atom stereocenters. The second-order valence-corrected chi connectivity index (χ2v) is 7.44. The van der Waals surface area contributed by atoms with E-state index < -0.39 is 0 Å². The van der Waals surface area contributed by atoms with Crippen molar-refractivity contribution < 1.29 is 4.79 Å². The SMILES string of the molecule is CC1(CN)CCN(C(=O)C2SCCc3ccccc32)C1. The molecule has 1 aromatic carbocycles.